The van der Waals surface area contributed by atoms with E-state index in [1.54, 1.807) is 6.92 Å². The second-order valence-corrected chi connectivity index (χ2v) is 5.00. The van der Waals surface area contributed by atoms with Crippen LogP contribution in [0, 0.1) is 16.7 Å². The van der Waals surface area contributed by atoms with Gasteiger partial charge >= 0.3 is 0 Å². The van der Waals surface area contributed by atoms with Crippen molar-refractivity contribution in [3.05, 3.63) is 0 Å². The number of amides is 1. The number of nitrogens with zero attached hydrogens (tertiary/aromatic N) is 2. The summed E-state index contributed by atoms with van der Waals surface area (Å²) in [6, 6.07) is 2.32. The maximum Gasteiger partial charge on any atom is 0.240 e. The first kappa shape index (κ1) is 14.0. The van der Waals surface area contributed by atoms with Crippen molar-refractivity contribution < 1.29 is 4.79 Å². The van der Waals surface area contributed by atoms with Gasteiger partial charge in [0.15, 0.2) is 0 Å². The Morgan fingerprint density at radius 1 is 1.59 bits per heavy atom. The van der Waals surface area contributed by atoms with Crippen LogP contribution in [0.4, 0.5) is 0 Å². The summed E-state index contributed by atoms with van der Waals surface area (Å²) in [6.45, 7) is 8.77. The number of rotatable bonds is 4. The fourth-order valence-corrected chi connectivity index (χ4v) is 2.10. The van der Waals surface area contributed by atoms with Gasteiger partial charge < -0.3 is 10.2 Å². The zero-order valence-corrected chi connectivity index (χ0v) is 11.1. The van der Waals surface area contributed by atoms with E-state index < -0.39 is 5.41 Å². The second-order valence-electron chi connectivity index (χ2n) is 5.00. The largest absolute Gasteiger partial charge is 0.351 e. The SMILES string of the molecule is CCN1CCCC(NC(=O)C(C)(C#N)CC)C1. The average Bonchev–Trinajstić information content (AvgIpc) is 2.37. The summed E-state index contributed by atoms with van der Waals surface area (Å²) >= 11 is 0. The van der Waals surface area contributed by atoms with Gasteiger partial charge in [0.1, 0.15) is 5.41 Å². The first-order valence-electron chi connectivity index (χ1n) is 6.50. The van der Waals surface area contributed by atoms with E-state index in [0.717, 1.165) is 32.5 Å². The van der Waals surface area contributed by atoms with Crippen LogP contribution >= 0.6 is 0 Å². The molecule has 2 unspecified atom stereocenters. The van der Waals surface area contributed by atoms with Crippen LogP contribution in [0.2, 0.25) is 0 Å². The van der Waals surface area contributed by atoms with Gasteiger partial charge in [-0.25, -0.2) is 0 Å². The molecule has 1 N–H and O–H groups in total. The summed E-state index contributed by atoms with van der Waals surface area (Å²) in [5, 5.41) is 12.1. The number of nitrogens with one attached hydrogen (secondary N) is 1. The van der Waals surface area contributed by atoms with E-state index in [9.17, 15) is 4.79 Å². The number of piperidine rings is 1. The highest BCUT2D eigenvalue weighted by Crippen LogP contribution is 2.21. The van der Waals surface area contributed by atoms with Gasteiger partial charge in [-0.1, -0.05) is 13.8 Å². The summed E-state index contributed by atoms with van der Waals surface area (Å²) in [5.74, 6) is -0.120. The van der Waals surface area contributed by atoms with Gasteiger partial charge in [0.25, 0.3) is 0 Å². The third-order valence-corrected chi connectivity index (χ3v) is 3.74. The van der Waals surface area contributed by atoms with E-state index in [0.29, 0.717) is 6.42 Å². The molecule has 17 heavy (non-hydrogen) atoms. The molecule has 1 aliphatic rings. The highest BCUT2D eigenvalue weighted by Gasteiger charge is 2.33. The Labute approximate surface area is 104 Å². The van der Waals surface area contributed by atoms with Crippen molar-refractivity contribution >= 4 is 5.91 Å². The van der Waals surface area contributed by atoms with Gasteiger partial charge in [0.05, 0.1) is 6.07 Å². The van der Waals surface area contributed by atoms with Gasteiger partial charge in [-0.05, 0) is 39.3 Å². The Kier molecular flexibility index (Phi) is 4.95. The molecule has 1 aliphatic heterocycles. The van der Waals surface area contributed by atoms with E-state index in [-0.39, 0.29) is 11.9 Å². The van der Waals surface area contributed by atoms with Crippen LogP contribution in [0.1, 0.15) is 40.0 Å². The zero-order valence-electron chi connectivity index (χ0n) is 11.1. The fraction of sp³-hybridized carbons (Fsp3) is 0.846. The van der Waals surface area contributed by atoms with Crippen LogP contribution < -0.4 is 5.32 Å². The number of nitriles is 1. The van der Waals surface area contributed by atoms with E-state index in [1.807, 2.05) is 6.92 Å². The molecule has 1 saturated heterocycles. The van der Waals surface area contributed by atoms with Crippen molar-refractivity contribution in [2.45, 2.75) is 46.1 Å². The number of likely N-dealkylation sites (tertiary alicyclic amines) is 1. The molecule has 1 fully saturated rings. The molecule has 96 valence electrons. The Hall–Kier alpha value is -1.08. The van der Waals surface area contributed by atoms with Gasteiger partial charge in [-0.2, -0.15) is 5.26 Å². The number of hydrogen-bond donors (Lipinski definition) is 1. The monoisotopic (exact) mass is 237 g/mol. The van der Waals surface area contributed by atoms with Gasteiger partial charge in [-0.3, -0.25) is 4.79 Å². The van der Waals surface area contributed by atoms with Crippen LogP contribution in [-0.4, -0.2) is 36.5 Å². The first-order valence-corrected chi connectivity index (χ1v) is 6.50. The Bertz CT molecular complexity index is 310. The van der Waals surface area contributed by atoms with Gasteiger partial charge in [0.2, 0.25) is 5.91 Å². The molecule has 2 atom stereocenters. The maximum atomic E-state index is 12.0. The summed E-state index contributed by atoms with van der Waals surface area (Å²) in [5.41, 5.74) is -0.880. The molecule has 0 radical (unpaired) electrons. The highest BCUT2D eigenvalue weighted by molar-refractivity contribution is 5.85. The minimum atomic E-state index is -0.880. The molecule has 1 heterocycles. The molecule has 0 bridgehead atoms. The minimum absolute atomic E-state index is 0.120. The Morgan fingerprint density at radius 2 is 2.29 bits per heavy atom. The van der Waals surface area contributed by atoms with E-state index in [1.165, 1.54) is 0 Å². The topological polar surface area (TPSA) is 56.1 Å². The molecule has 0 aromatic rings. The normalized spacial score (nSPS) is 24.7. The van der Waals surface area contributed by atoms with Crippen LogP contribution in [0.25, 0.3) is 0 Å². The molecule has 0 spiro atoms. The molecular formula is C13H23N3O. The molecule has 1 amide bonds. The molecular weight excluding hydrogens is 214 g/mol. The van der Waals surface area contributed by atoms with E-state index >= 15 is 0 Å². The van der Waals surface area contributed by atoms with Crippen LogP contribution in [0.15, 0.2) is 0 Å². The van der Waals surface area contributed by atoms with Gasteiger partial charge in [-0.15, -0.1) is 0 Å². The lowest BCUT2D eigenvalue weighted by Crippen LogP contribution is -2.50. The minimum Gasteiger partial charge on any atom is -0.351 e. The van der Waals surface area contributed by atoms with Crippen molar-refractivity contribution in [1.29, 1.82) is 5.26 Å². The molecule has 0 saturated carbocycles. The van der Waals surface area contributed by atoms with Crippen molar-refractivity contribution in [3.63, 3.8) is 0 Å². The molecule has 4 nitrogen and oxygen atoms in total. The lowest BCUT2D eigenvalue weighted by molar-refractivity contribution is -0.128. The van der Waals surface area contributed by atoms with Crippen LogP contribution in [0.3, 0.4) is 0 Å². The maximum absolute atomic E-state index is 12.0. The number of hydrogen-bond acceptors (Lipinski definition) is 3. The summed E-state index contributed by atoms with van der Waals surface area (Å²) in [6.07, 6.45) is 2.70. The third kappa shape index (κ3) is 3.44. The van der Waals surface area contributed by atoms with E-state index in [2.05, 4.69) is 23.2 Å². The lowest BCUT2D eigenvalue weighted by atomic mass is 9.88. The predicted octanol–water partition coefficient (Wildman–Crippen LogP) is 1.53. The predicted molar refractivity (Wildman–Crippen MR) is 67.3 cm³/mol. The summed E-state index contributed by atoms with van der Waals surface area (Å²) in [7, 11) is 0. The standard InChI is InChI=1S/C13H23N3O/c1-4-13(3,10-14)12(17)15-11-7-6-8-16(5-2)9-11/h11H,4-9H2,1-3H3,(H,15,17). The van der Waals surface area contributed by atoms with Crippen LogP contribution in [-0.2, 0) is 4.79 Å². The molecule has 1 rings (SSSR count). The van der Waals surface area contributed by atoms with Gasteiger partial charge in [0, 0.05) is 12.6 Å². The number of carbonyl (C=O) groups excluding carboxylic acids is 1. The fourth-order valence-electron chi connectivity index (χ4n) is 2.10. The Balaban J connectivity index is 2.54. The van der Waals surface area contributed by atoms with Crippen molar-refractivity contribution in [2.75, 3.05) is 19.6 Å². The smallest absolute Gasteiger partial charge is 0.240 e. The second kappa shape index (κ2) is 6.02. The molecule has 4 heteroatoms. The molecule has 0 aliphatic carbocycles. The third-order valence-electron chi connectivity index (χ3n) is 3.74. The number of carbonyl (C=O) groups is 1. The summed E-state index contributed by atoms with van der Waals surface area (Å²) < 4.78 is 0. The van der Waals surface area contributed by atoms with Crippen molar-refractivity contribution in [3.8, 4) is 6.07 Å². The lowest BCUT2D eigenvalue weighted by Gasteiger charge is -2.33. The summed E-state index contributed by atoms with van der Waals surface area (Å²) in [4.78, 5) is 14.4. The van der Waals surface area contributed by atoms with Crippen molar-refractivity contribution in [1.82, 2.24) is 10.2 Å². The van der Waals surface area contributed by atoms with Crippen LogP contribution in [0.5, 0.6) is 0 Å². The number of likely N-dealkylation sites (N-methyl/N-ethyl adjacent to an activating group) is 1. The quantitative estimate of drug-likeness (QED) is 0.806. The highest BCUT2D eigenvalue weighted by atomic mass is 16.2. The average molecular weight is 237 g/mol. The molecule has 0 aromatic carbocycles. The first-order chi connectivity index (χ1) is 8.05. The Morgan fingerprint density at radius 3 is 2.82 bits per heavy atom. The molecule has 0 aromatic heterocycles. The zero-order chi connectivity index (χ0) is 12.9. The van der Waals surface area contributed by atoms with E-state index in [4.69, 9.17) is 5.26 Å². The van der Waals surface area contributed by atoms with Crippen molar-refractivity contribution in [2.24, 2.45) is 5.41 Å².